The van der Waals surface area contributed by atoms with Gasteiger partial charge in [0.1, 0.15) is 12.4 Å². The molecule has 116 valence electrons. The van der Waals surface area contributed by atoms with Crippen LogP contribution < -0.4 is 4.74 Å². The van der Waals surface area contributed by atoms with Gasteiger partial charge in [0.2, 0.25) is 0 Å². The second-order valence-electron chi connectivity index (χ2n) is 3.35. The van der Waals surface area contributed by atoms with E-state index in [1.54, 1.807) is 7.11 Å². The Morgan fingerprint density at radius 2 is 1.53 bits per heavy atom. The molecule has 0 aliphatic carbocycles. The van der Waals surface area contributed by atoms with Gasteiger partial charge < -0.3 is 39.5 Å². The summed E-state index contributed by atoms with van der Waals surface area (Å²) in [6.07, 6.45) is 0. The fourth-order valence-electron chi connectivity index (χ4n) is 1.18. The fourth-order valence-corrected chi connectivity index (χ4v) is 1.50. The number of ether oxygens (including phenoxy) is 3. The van der Waals surface area contributed by atoms with Crippen LogP contribution in [0.1, 0.15) is 10.1 Å². The number of hydrogen-bond acceptors (Lipinski definition) is 5. The van der Waals surface area contributed by atoms with Gasteiger partial charge in [-0.2, -0.15) is 0 Å². The minimum Gasteiger partial charge on any atom is -0.810 e. The Hall–Kier alpha value is 1.12. The molecule has 0 heterocycles. The molecule has 0 aliphatic heterocycles. The Morgan fingerprint density at radius 3 is 2.05 bits per heavy atom. The average molecular weight is 666 g/mol. The molecule has 1 aromatic carbocycles. The second-order valence-corrected chi connectivity index (χ2v) is 4.60. The molecule has 1 rings (SSSR count). The smallest absolute Gasteiger partial charge is 0.810 e. The van der Waals surface area contributed by atoms with E-state index in [1.807, 2.05) is 24.3 Å². The van der Waals surface area contributed by atoms with Crippen LogP contribution in [0.4, 0.5) is 0 Å². The van der Waals surface area contributed by atoms with Gasteiger partial charge in [-0.25, -0.2) is 0 Å². The first kappa shape index (κ1) is 22.4. The zero-order valence-corrected chi connectivity index (χ0v) is 16.3. The molecule has 3 nitrogen and oxygen atoms in total. The Morgan fingerprint density at radius 1 is 0.947 bits per heavy atom. The van der Waals surface area contributed by atoms with Crippen LogP contribution in [-0.2, 0) is 79.5 Å². The van der Waals surface area contributed by atoms with Crippen molar-refractivity contribution in [3.05, 3.63) is 29.8 Å². The normalized spacial score (nSPS) is 9.68. The van der Waals surface area contributed by atoms with Gasteiger partial charge in [0.15, 0.2) is 0 Å². The van der Waals surface area contributed by atoms with Crippen LogP contribution in [0.2, 0.25) is 0 Å². The Kier molecular flexibility index (Phi) is 16.6. The van der Waals surface area contributed by atoms with Crippen molar-refractivity contribution < 1.29 is 59.0 Å². The standard InChI is InChI=1S/C12H18O3S2.2Au/c1-13-6-7-14-8-9-15-11-4-2-10(3-5-11)12(16)17;;/h2-5,12,16-17H,6-9H2,1H3;;/q;2*+1/p-2. The molecule has 7 heteroatoms. The third-order valence-electron chi connectivity index (χ3n) is 2.08. The number of methoxy groups -OCH3 is 1. The number of rotatable bonds is 8. The van der Waals surface area contributed by atoms with Gasteiger partial charge in [-0.3, -0.25) is 4.58 Å². The molecule has 19 heavy (non-hydrogen) atoms. The minimum atomic E-state index is -0.276. The first-order valence-electron chi connectivity index (χ1n) is 5.35. The fraction of sp³-hybridized carbons (Fsp3) is 0.500. The van der Waals surface area contributed by atoms with E-state index >= 15 is 0 Å². The predicted molar refractivity (Wildman–Crippen MR) is 72.1 cm³/mol. The summed E-state index contributed by atoms with van der Waals surface area (Å²) in [5, 5.41) is 0. The van der Waals surface area contributed by atoms with Crippen LogP contribution in [0.25, 0.3) is 0 Å². The molecular formula is C12H16Au2O3S2. The molecule has 0 N–H and O–H groups in total. The second kappa shape index (κ2) is 14.1. The quantitative estimate of drug-likeness (QED) is 0.240. The van der Waals surface area contributed by atoms with Crippen molar-refractivity contribution in [1.29, 1.82) is 0 Å². The van der Waals surface area contributed by atoms with Crippen molar-refractivity contribution in [3.63, 3.8) is 0 Å². The summed E-state index contributed by atoms with van der Waals surface area (Å²) < 4.78 is 15.3. The maximum absolute atomic E-state index is 5.49. The van der Waals surface area contributed by atoms with E-state index in [0.717, 1.165) is 11.3 Å². The van der Waals surface area contributed by atoms with Crippen LogP contribution in [0.3, 0.4) is 0 Å². The van der Waals surface area contributed by atoms with Crippen LogP contribution in [-0.4, -0.2) is 33.5 Å². The first-order valence-corrected chi connectivity index (χ1v) is 6.29. The van der Waals surface area contributed by atoms with Gasteiger partial charge in [-0.1, -0.05) is 17.7 Å². The van der Waals surface area contributed by atoms with Gasteiger partial charge in [0, 0.05) is 7.11 Å². The van der Waals surface area contributed by atoms with E-state index in [0.29, 0.717) is 26.4 Å². The van der Waals surface area contributed by atoms with E-state index in [-0.39, 0.29) is 49.3 Å². The maximum atomic E-state index is 5.49. The summed E-state index contributed by atoms with van der Waals surface area (Å²) in [7, 11) is 1.65. The van der Waals surface area contributed by atoms with Crippen LogP contribution in [0.5, 0.6) is 5.75 Å². The minimum absolute atomic E-state index is 0. The van der Waals surface area contributed by atoms with E-state index in [9.17, 15) is 0 Å². The largest absolute Gasteiger partial charge is 1.00 e. The third kappa shape index (κ3) is 10.5. The molecule has 0 bridgehead atoms. The Balaban J connectivity index is 0. The number of hydrogen-bond donors (Lipinski definition) is 0. The molecule has 0 atom stereocenters. The first-order chi connectivity index (χ1) is 8.24. The topological polar surface area (TPSA) is 27.7 Å². The van der Waals surface area contributed by atoms with Gasteiger partial charge in [-0.05, 0) is 12.1 Å². The molecule has 0 fully saturated rings. The van der Waals surface area contributed by atoms with Crippen LogP contribution in [0.15, 0.2) is 24.3 Å². The van der Waals surface area contributed by atoms with E-state index in [1.165, 1.54) is 0 Å². The van der Waals surface area contributed by atoms with Crippen molar-refractivity contribution in [2.45, 2.75) is 4.58 Å². The molecule has 0 aromatic heterocycles. The van der Waals surface area contributed by atoms with Crippen LogP contribution in [0, 0.1) is 0 Å². The van der Waals surface area contributed by atoms with Gasteiger partial charge in [-0.15, -0.1) is 0 Å². The SMILES string of the molecule is COCCOCCOc1ccc(C([S-])[S-])cc1.[Au+].[Au+]. The van der Waals surface area contributed by atoms with Gasteiger partial charge in [0.05, 0.1) is 19.8 Å². The molecule has 0 unspecified atom stereocenters. The van der Waals surface area contributed by atoms with Gasteiger partial charge in [0.25, 0.3) is 0 Å². The van der Waals surface area contributed by atoms with Gasteiger partial charge >= 0.3 is 44.8 Å². The van der Waals surface area contributed by atoms with E-state index < -0.39 is 0 Å². The van der Waals surface area contributed by atoms with Crippen LogP contribution >= 0.6 is 0 Å². The summed E-state index contributed by atoms with van der Waals surface area (Å²) in [5.41, 5.74) is 0.957. The summed E-state index contributed by atoms with van der Waals surface area (Å²) in [5.74, 6) is 0.801. The third-order valence-corrected chi connectivity index (χ3v) is 2.62. The zero-order chi connectivity index (χ0) is 12.5. The molecule has 0 spiro atoms. The Labute approximate surface area is 157 Å². The van der Waals surface area contributed by atoms with E-state index in [4.69, 9.17) is 39.5 Å². The molecule has 0 saturated heterocycles. The monoisotopic (exact) mass is 666 g/mol. The summed E-state index contributed by atoms with van der Waals surface area (Å²) in [4.78, 5) is 0. The molecular weight excluding hydrogens is 650 g/mol. The van der Waals surface area contributed by atoms with Crippen molar-refractivity contribution in [1.82, 2.24) is 0 Å². The predicted octanol–water partition coefficient (Wildman–Crippen LogP) is 1.82. The van der Waals surface area contributed by atoms with Crippen molar-refractivity contribution >= 4 is 25.3 Å². The van der Waals surface area contributed by atoms with Crippen molar-refractivity contribution in [2.75, 3.05) is 33.5 Å². The molecule has 0 aliphatic rings. The molecule has 0 saturated carbocycles. The Bertz CT molecular complexity index is 310. The van der Waals surface area contributed by atoms with Crippen molar-refractivity contribution in [2.24, 2.45) is 0 Å². The summed E-state index contributed by atoms with van der Waals surface area (Å²) in [6.45, 7) is 2.27. The van der Waals surface area contributed by atoms with E-state index in [2.05, 4.69) is 0 Å². The molecule has 0 radical (unpaired) electrons. The number of benzene rings is 1. The average Bonchev–Trinajstić information content (AvgIpc) is 2.34. The molecule has 0 amide bonds. The molecule has 1 aromatic rings. The summed E-state index contributed by atoms with van der Waals surface area (Å²) in [6, 6.07) is 7.53. The maximum Gasteiger partial charge on any atom is 1.00 e. The summed E-state index contributed by atoms with van der Waals surface area (Å²) >= 11 is 9.96. The zero-order valence-electron chi connectivity index (χ0n) is 10.4. The van der Waals surface area contributed by atoms with Crippen molar-refractivity contribution in [3.8, 4) is 5.75 Å².